The summed E-state index contributed by atoms with van der Waals surface area (Å²) >= 11 is 0. The molecule has 2 aromatic carbocycles. The highest BCUT2D eigenvalue weighted by atomic mass is 16.5. The van der Waals surface area contributed by atoms with Crippen LogP contribution in [0.1, 0.15) is 16.7 Å². The van der Waals surface area contributed by atoms with Gasteiger partial charge in [0.1, 0.15) is 17.2 Å². The summed E-state index contributed by atoms with van der Waals surface area (Å²) in [6.45, 7) is 4.41. The van der Waals surface area contributed by atoms with Crippen LogP contribution in [0.2, 0.25) is 0 Å². The number of aromatic hydroxyl groups is 1. The molecule has 2 rings (SSSR count). The van der Waals surface area contributed by atoms with Crippen molar-refractivity contribution in [3.05, 3.63) is 47.0 Å². The van der Waals surface area contributed by atoms with Gasteiger partial charge in [0.2, 0.25) is 0 Å². The van der Waals surface area contributed by atoms with Crippen molar-refractivity contribution in [2.45, 2.75) is 20.4 Å². The molecule has 0 bridgehead atoms. The highest BCUT2D eigenvalue weighted by Crippen LogP contribution is 2.29. The van der Waals surface area contributed by atoms with Crippen molar-refractivity contribution in [2.24, 2.45) is 0 Å². The maximum atomic E-state index is 9.97. The van der Waals surface area contributed by atoms with Crippen LogP contribution in [0.15, 0.2) is 30.3 Å². The zero-order chi connectivity index (χ0) is 15.4. The molecule has 0 aliphatic carbocycles. The Morgan fingerprint density at radius 1 is 1.00 bits per heavy atom. The Bertz CT molecular complexity index is 616. The molecule has 112 valence electrons. The quantitative estimate of drug-likeness (QED) is 0.881. The number of methoxy groups -OCH3 is 2. The maximum Gasteiger partial charge on any atom is 0.123 e. The number of benzene rings is 2. The highest BCUT2D eigenvalue weighted by molar-refractivity contribution is 5.59. The van der Waals surface area contributed by atoms with Crippen molar-refractivity contribution in [2.75, 3.05) is 19.5 Å². The minimum absolute atomic E-state index is 0.336. The minimum atomic E-state index is 0.336. The zero-order valence-corrected chi connectivity index (χ0v) is 12.9. The molecule has 0 unspecified atom stereocenters. The average Bonchev–Trinajstić information content (AvgIpc) is 2.51. The number of aryl methyl sites for hydroxylation is 1. The Morgan fingerprint density at radius 3 is 2.19 bits per heavy atom. The molecule has 0 atom stereocenters. The fourth-order valence-corrected chi connectivity index (χ4v) is 2.19. The van der Waals surface area contributed by atoms with Gasteiger partial charge in [-0.15, -0.1) is 0 Å². The average molecular weight is 287 g/mol. The van der Waals surface area contributed by atoms with Gasteiger partial charge in [-0.1, -0.05) is 6.07 Å². The van der Waals surface area contributed by atoms with Crippen LogP contribution in [0.5, 0.6) is 17.2 Å². The number of phenols is 1. The van der Waals surface area contributed by atoms with E-state index in [1.165, 1.54) is 0 Å². The lowest BCUT2D eigenvalue weighted by atomic mass is 10.1. The number of hydrogen-bond acceptors (Lipinski definition) is 4. The molecular formula is C17H21NO3. The van der Waals surface area contributed by atoms with Gasteiger partial charge in [0.15, 0.2) is 0 Å². The summed E-state index contributed by atoms with van der Waals surface area (Å²) in [6, 6.07) is 9.63. The number of nitrogens with one attached hydrogen (secondary N) is 1. The Balaban J connectivity index is 2.18. The smallest absolute Gasteiger partial charge is 0.123 e. The zero-order valence-electron chi connectivity index (χ0n) is 12.9. The Hall–Kier alpha value is -2.36. The maximum absolute atomic E-state index is 9.97. The molecule has 0 aliphatic rings. The SMILES string of the molecule is COc1cc(CNc2ccc(C)c(O)c2C)cc(OC)c1. The first-order chi connectivity index (χ1) is 10.0. The van der Waals surface area contributed by atoms with E-state index < -0.39 is 0 Å². The van der Waals surface area contributed by atoms with E-state index in [4.69, 9.17) is 9.47 Å². The van der Waals surface area contributed by atoms with Crippen LogP contribution in [-0.2, 0) is 6.54 Å². The van der Waals surface area contributed by atoms with Crippen molar-refractivity contribution in [1.29, 1.82) is 0 Å². The van der Waals surface area contributed by atoms with Crippen LogP contribution < -0.4 is 14.8 Å². The van der Waals surface area contributed by atoms with E-state index in [-0.39, 0.29) is 0 Å². The van der Waals surface area contributed by atoms with E-state index >= 15 is 0 Å². The number of rotatable bonds is 5. The standard InChI is InChI=1S/C17H21NO3/c1-11-5-6-16(12(2)17(11)19)18-10-13-7-14(20-3)9-15(8-13)21-4/h5-9,18-19H,10H2,1-4H3. The second-order valence-corrected chi connectivity index (χ2v) is 4.98. The summed E-state index contributed by atoms with van der Waals surface area (Å²) in [4.78, 5) is 0. The Morgan fingerprint density at radius 2 is 1.62 bits per heavy atom. The van der Waals surface area contributed by atoms with E-state index in [9.17, 15) is 5.11 Å². The fourth-order valence-electron chi connectivity index (χ4n) is 2.19. The monoisotopic (exact) mass is 287 g/mol. The predicted octanol–water partition coefficient (Wildman–Crippen LogP) is 3.64. The lowest BCUT2D eigenvalue weighted by molar-refractivity contribution is 0.393. The summed E-state index contributed by atoms with van der Waals surface area (Å²) < 4.78 is 10.5. The van der Waals surface area contributed by atoms with Crippen molar-refractivity contribution in [1.82, 2.24) is 0 Å². The Labute approximate surface area is 125 Å². The molecule has 0 radical (unpaired) electrons. The largest absolute Gasteiger partial charge is 0.507 e. The van der Waals surface area contributed by atoms with Gasteiger partial charge in [0.25, 0.3) is 0 Å². The second-order valence-electron chi connectivity index (χ2n) is 4.98. The molecule has 21 heavy (non-hydrogen) atoms. The van der Waals surface area contributed by atoms with Gasteiger partial charge in [-0.25, -0.2) is 0 Å². The van der Waals surface area contributed by atoms with Gasteiger partial charge in [-0.3, -0.25) is 0 Å². The molecular weight excluding hydrogens is 266 g/mol. The molecule has 0 spiro atoms. The molecule has 0 fully saturated rings. The molecule has 4 nitrogen and oxygen atoms in total. The molecule has 2 aromatic rings. The third-order valence-electron chi connectivity index (χ3n) is 3.53. The lowest BCUT2D eigenvalue weighted by Crippen LogP contribution is -2.02. The van der Waals surface area contributed by atoms with Gasteiger partial charge in [-0.2, -0.15) is 0 Å². The van der Waals surface area contributed by atoms with Crippen LogP contribution >= 0.6 is 0 Å². The van der Waals surface area contributed by atoms with E-state index in [0.717, 1.165) is 33.9 Å². The normalized spacial score (nSPS) is 10.3. The third kappa shape index (κ3) is 3.40. The molecule has 2 N–H and O–H groups in total. The first-order valence-electron chi connectivity index (χ1n) is 6.80. The summed E-state index contributed by atoms with van der Waals surface area (Å²) in [5, 5.41) is 13.3. The van der Waals surface area contributed by atoms with Crippen molar-refractivity contribution in [3.8, 4) is 17.2 Å². The Kier molecular flexibility index (Phi) is 4.58. The number of ether oxygens (including phenoxy) is 2. The van der Waals surface area contributed by atoms with Gasteiger partial charge in [-0.05, 0) is 43.2 Å². The summed E-state index contributed by atoms with van der Waals surface area (Å²) in [5.74, 6) is 1.85. The summed E-state index contributed by atoms with van der Waals surface area (Å²) in [6.07, 6.45) is 0. The van der Waals surface area contributed by atoms with Crippen LogP contribution in [-0.4, -0.2) is 19.3 Å². The van der Waals surface area contributed by atoms with E-state index in [1.807, 2.05) is 44.2 Å². The van der Waals surface area contributed by atoms with Crippen LogP contribution in [0, 0.1) is 13.8 Å². The number of phenolic OH excluding ortho intramolecular Hbond substituents is 1. The lowest BCUT2D eigenvalue weighted by Gasteiger charge is -2.13. The topological polar surface area (TPSA) is 50.7 Å². The third-order valence-corrected chi connectivity index (χ3v) is 3.53. The van der Waals surface area contributed by atoms with Gasteiger partial charge in [0, 0.05) is 23.9 Å². The first-order valence-corrected chi connectivity index (χ1v) is 6.80. The van der Waals surface area contributed by atoms with E-state index in [0.29, 0.717) is 12.3 Å². The minimum Gasteiger partial charge on any atom is -0.507 e. The van der Waals surface area contributed by atoms with Gasteiger partial charge >= 0.3 is 0 Å². The van der Waals surface area contributed by atoms with Crippen LogP contribution in [0.3, 0.4) is 0 Å². The van der Waals surface area contributed by atoms with Crippen molar-refractivity contribution < 1.29 is 14.6 Å². The van der Waals surface area contributed by atoms with Crippen molar-refractivity contribution in [3.63, 3.8) is 0 Å². The van der Waals surface area contributed by atoms with Crippen molar-refractivity contribution >= 4 is 5.69 Å². The molecule has 0 amide bonds. The second kappa shape index (κ2) is 6.39. The summed E-state index contributed by atoms with van der Waals surface area (Å²) in [7, 11) is 3.27. The fraction of sp³-hybridized carbons (Fsp3) is 0.294. The van der Waals surface area contributed by atoms with Gasteiger partial charge in [0.05, 0.1) is 14.2 Å². The molecule has 0 aromatic heterocycles. The molecule has 0 heterocycles. The predicted molar refractivity (Wildman–Crippen MR) is 84.5 cm³/mol. The molecule has 0 aliphatic heterocycles. The highest BCUT2D eigenvalue weighted by Gasteiger charge is 2.07. The first kappa shape index (κ1) is 15.0. The van der Waals surface area contributed by atoms with Crippen LogP contribution in [0.25, 0.3) is 0 Å². The van der Waals surface area contributed by atoms with Gasteiger partial charge < -0.3 is 19.9 Å². The van der Waals surface area contributed by atoms with E-state index in [2.05, 4.69) is 5.32 Å². The number of anilines is 1. The van der Waals surface area contributed by atoms with E-state index in [1.54, 1.807) is 14.2 Å². The summed E-state index contributed by atoms with van der Waals surface area (Å²) in [5.41, 5.74) is 3.69. The number of hydrogen-bond donors (Lipinski definition) is 2. The molecule has 4 heteroatoms. The molecule has 0 saturated heterocycles. The van der Waals surface area contributed by atoms with Crippen LogP contribution in [0.4, 0.5) is 5.69 Å². The molecule has 0 saturated carbocycles.